The average Bonchev–Trinajstić information content (AvgIpc) is 3.09. The van der Waals surface area contributed by atoms with Crippen LogP contribution >= 0.6 is 31.9 Å². The third-order valence-corrected chi connectivity index (χ3v) is 4.40. The van der Waals surface area contributed by atoms with Gasteiger partial charge in [0.15, 0.2) is 0 Å². The highest BCUT2D eigenvalue weighted by Crippen LogP contribution is 2.17. The zero-order valence-electron chi connectivity index (χ0n) is 12.8. The molecule has 1 heterocycles. The summed E-state index contributed by atoms with van der Waals surface area (Å²) in [6.07, 6.45) is 1.44. The van der Waals surface area contributed by atoms with E-state index in [4.69, 9.17) is 0 Å². The van der Waals surface area contributed by atoms with E-state index in [-0.39, 0.29) is 11.4 Å². The van der Waals surface area contributed by atoms with E-state index >= 15 is 0 Å². The van der Waals surface area contributed by atoms with Crippen molar-refractivity contribution in [2.45, 2.75) is 0 Å². The molecule has 3 aromatic rings. The number of H-pyrrole nitrogens is 2. The molecule has 4 N–H and O–H groups in total. The molecule has 0 aliphatic heterocycles. The number of benzene rings is 2. The van der Waals surface area contributed by atoms with Crippen LogP contribution in [0.4, 0.5) is 11.4 Å². The average molecular weight is 465 g/mol. The number of carbonyl (C=O) groups is 2. The summed E-state index contributed by atoms with van der Waals surface area (Å²) in [7, 11) is 0. The molecule has 0 aliphatic rings. The smallest absolute Gasteiger partial charge is 0.300 e. The summed E-state index contributed by atoms with van der Waals surface area (Å²) in [5.41, 5.74) is 1.55. The van der Waals surface area contributed by atoms with Crippen LogP contribution in [0.3, 0.4) is 0 Å². The lowest BCUT2D eigenvalue weighted by Crippen LogP contribution is -2.25. The Morgan fingerprint density at radius 1 is 0.800 bits per heavy atom. The summed E-state index contributed by atoms with van der Waals surface area (Å²) < 4.78 is 1.82. The number of halogens is 2. The van der Waals surface area contributed by atoms with E-state index in [0.717, 1.165) is 8.95 Å². The molecule has 8 heteroatoms. The molecule has 0 spiro atoms. The molecule has 2 aromatic carbocycles. The summed E-state index contributed by atoms with van der Waals surface area (Å²) >= 11 is 6.67. The number of anilines is 2. The maximum atomic E-state index is 12.4. The third-order valence-electron chi connectivity index (χ3n) is 3.34. The molecule has 6 nitrogen and oxygen atoms in total. The second-order valence-corrected chi connectivity index (χ2v) is 6.94. The van der Waals surface area contributed by atoms with Gasteiger partial charge in [-0.3, -0.25) is 9.59 Å². The predicted octanol–water partition coefficient (Wildman–Crippen LogP) is 3.86. The Bertz CT molecular complexity index is 831. The van der Waals surface area contributed by atoms with Crippen LogP contribution in [0.15, 0.2) is 63.8 Å². The molecule has 0 aliphatic carbocycles. The highest BCUT2D eigenvalue weighted by Gasteiger charge is 2.26. The van der Waals surface area contributed by atoms with E-state index in [1.807, 2.05) is 24.3 Å². The Morgan fingerprint density at radius 2 is 1.28 bits per heavy atom. The second kappa shape index (κ2) is 7.62. The molecular formula is C17H13Br2N4O2+. The Labute approximate surface area is 160 Å². The van der Waals surface area contributed by atoms with Gasteiger partial charge in [-0.2, -0.15) is 0 Å². The summed E-state index contributed by atoms with van der Waals surface area (Å²) in [6.45, 7) is 0. The normalized spacial score (nSPS) is 10.3. The van der Waals surface area contributed by atoms with E-state index in [2.05, 4.69) is 52.5 Å². The largest absolute Gasteiger partial charge is 0.319 e. The molecular weight excluding hydrogens is 452 g/mol. The summed E-state index contributed by atoms with van der Waals surface area (Å²) in [5, 5.41) is 5.48. The molecule has 2 amide bonds. The minimum Gasteiger partial charge on any atom is -0.319 e. The lowest BCUT2D eigenvalue weighted by atomic mass is 10.2. The van der Waals surface area contributed by atoms with Crippen molar-refractivity contribution in [2.24, 2.45) is 0 Å². The van der Waals surface area contributed by atoms with Crippen LogP contribution in [0.2, 0.25) is 0 Å². The fourth-order valence-electron chi connectivity index (χ4n) is 2.14. The Kier molecular flexibility index (Phi) is 5.30. The summed E-state index contributed by atoms with van der Waals surface area (Å²) in [4.78, 5) is 30.4. The van der Waals surface area contributed by atoms with E-state index in [1.165, 1.54) is 6.33 Å². The van der Waals surface area contributed by atoms with Crippen LogP contribution in [0.5, 0.6) is 0 Å². The van der Waals surface area contributed by atoms with Crippen molar-refractivity contribution < 1.29 is 14.6 Å². The summed E-state index contributed by atoms with van der Waals surface area (Å²) in [6, 6.07) is 14.3. The lowest BCUT2D eigenvalue weighted by molar-refractivity contribution is -0.379. The first-order valence-electron chi connectivity index (χ1n) is 7.26. The molecule has 1 aromatic heterocycles. The van der Waals surface area contributed by atoms with Gasteiger partial charge < -0.3 is 10.6 Å². The van der Waals surface area contributed by atoms with E-state index in [1.54, 1.807) is 24.3 Å². The monoisotopic (exact) mass is 463 g/mol. The van der Waals surface area contributed by atoms with Crippen molar-refractivity contribution in [2.75, 3.05) is 10.6 Å². The highest BCUT2D eigenvalue weighted by atomic mass is 79.9. The SMILES string of the molecule is O=C(Nc1ccc(Br)cc1)c1[nH]c[nH+]c1C(=O)Nc1ccc(Br)cc1. The predicted molar refractivity (Wildman–Crippen MR) is 102 cm³/mol. The topological polar surface area (TPSA) is 88.1 Å². The molecule has 0 saturated carbocycles. The van der Waals surface area contributed by atoms with Crippen molar-refractivity contribution in [3.8, 4) is 0 Å². The highest BCUT2D eigenvalue weighted by molar-refractivity contribution is 9.10. The van der Waals surface area contributed by atoms with E-state index in [9.17, 15) is 9.59 Å². The van der Waals surface area contributed by atoms with Gasteiger partial charge in [-0.05, 0) is 48.5 Å². The molecule has 0 atom stereocenters. The molecule has 0 unspecified atom stereocenters. The van der Waals surface area contributed by atoms with Gasteiger partial charge in [0, 0.05) is 20.3 Å². The molecule has 0 saturated heterocycles. The van der Waals surface area contributed by atoms with Gasteiger partial charge in [-0.1, -0.05) is 31.9 Å². The molecule has 25 heavy (non-hydrogen) atoms. The van der Waals surface area contributed by atoms with Crippen LogP contribution in [0, 0.1) is 0 Å². The van der Waals surface area contributed by atoms with Crippen LogP contribution in [-0.4, -0.2) is 16.8 Å². The van der Waals surface area contributed by atoms with Gasteiger partial charge in [-0.15, -0.1) is 0 Å². The van der Waals surface area contributed by atoms with Crippen molar-refractivity contribution in [3.05, 3.63) is 75.2 Å². The number of rotatable bonds is 4. The maximum absolute atomic E-state index is 12.4. The van der Waals surface area contributed by atoms with Crippen LogP contribution < -0.4 is 15.6 Å². The lowest BCUT2D eigenvalue weighted by Gasteiger charge is -2.05. The quantitative estimate of drug-likeness (QED) is 0.547. The molecule has 0 fully saturated rings. The van der Waals surface area contributed by atoms with Gasteiger partial charge in [0.2, 0.25) is 17.7 Å². The van der Waals surface area contributed by atoms with Crippen LogP contribution in [0.25, 0.3) is 0 Å². The Hall–Kier alpha value is -2.45. The van der Waals surface area contributed by atoms with Crippen molar-refractivity contribution in [3.63, 3.8) is 0 Å². The van der Waals surface area contributed by atoms with Crippen LogP contribution in [0.1, 0.15) is 21.0 Å². The fourth-order valence-corrected chi connectivity index (χ4v) is 2.67. The number of carbonyl (C=O) groups excluding carboxylic acids is 2. The number of hydrogen-bond donors (Lipinski definition) is 3. The number of imidazole rings is 1. The Balaban J connectivity index is 1.74. The first-order chi connectivity index (χ1) is 12.0. The molecule has 126 valence electrons. The number of nitrogens with one attached hydrogen (secondary N) is 4. The zero-order valence-corrected chi connectivity index (χ0v) is 15.9. The molecule has 3 rings (SSSR count). The Morgan fingerprint density at radius 3 is 1.80 bits per heavy atom. The molecule has 0 radical (unpaired) electrons. The van der Waals surface area contributed by atoms with E-state index in [0.29, 0.717) is 11.4 Å². The summed E-state index contributed by atoms with van der Waals surface area (Å²) in [5.74, 6) is -0.825. The maximum Gasteiger partial charge on any atom is 0.300 e. The number of aromatic nitrogens is 2. The number of hydrogen-bond acceptors (Lipinski definition) is 2. The van der Waals surface area contributed by atoms with Gasteiger partial charge in [0.1, 0.15) is 0 Å². The van der Waals surface area contributed by atoms with Crippen molar-refractivity contribution >= 4 is 55.0 Å². The van der Waals surface area contributed by atoms with Crippen molar-refractivity contribution in [1.29, 1.82) is 0 Å². The number of amides is 2. The van der Waals surface area contributed by atoms with Gasteiger partial charge in [-0.25, -0.2) is 9.97 Å². The van der Waals surface area contributed by atoms with Crippen molar-refractivity contribution in [1.82, 2.24) is 4.98 Å². The minimum absolute atomic E-state index is 0.150. The fraction of sp³-hybridized carbons (Fsp3) is 0. The standard InChI is InChI=1S/C17H12Br2N4O2/c18-10-1-5-12(6-2-10)22-16(24)14-15(21-9-20-14)17(25)23-13-7-3-11(19)4-8-13/h1-9H,(H,20,21)(H,22,24)(H,23,25)/p+1. The first-order valence-corrected chi connectivity index (χ1v) is 8.84. The second-order valence-electron chi connectivity index (χ2n) is 5.11. The van der Waals surface area contributed by atoms with E-state index < -0.39 is 11.8 Å². The van der Waals surface area contributed by atoms with Gasteiger partial charge in [0.05, 0.1) is 0 Å². The molecule has 0 bridgehead atoms. The zero-order chi connectivity index (χ0) is 17.8. The van der Waals surface area contributed by atoms with Crippen LogP contribution in [-0.2, 0) is 0 Å². The third kappa shape index (κ3) is 4.34. The van der Waals surface area contributed by atoms with Gasteiger partial charge in [0.25, 0.3) is 11.8 Å². The van der Waals surface area contributed by atoms with Gasteiger partial charge >= 0.3 is 0 Å². The number of aromatic amines is 2. The minimum atomic E-state index is -0.412. The first kappa shape index (κ1) is 17.4.